The lowest BCUT2D eigenvalue weighted by Crippen LogP contribution is -2.17. The van der Waals surface area contributed by atoms with E-state index in [0.29, 0.717) is 0 Å². The van der Waals surface area contributed by atoms with Crippen molar-refractivity contribution in [3.05, 3.63) is 42.0 Å². The Morgan fingerprint density at radius 3 is 2.79 bits per heavy atom. The number of rotatable bonds is 2. The monoisotopic (exact) mass is 190 g/mol. The first-order valence-corrected chi connectivity index (χ1v) is 4.85. The van der Waals surface area contributed by atoms with E-state index in [1.807, 2.05) is 30.3 Å². The Labute approximate surface area is 84.2 Å². The third kappa shape index (κ3) is 1.96. The van der Waals surface area contributed by atoms with Crippen LogP contribution in [0.2, 0.25) is 0 Å². The summed E-state index contributed by atoms with van der Waals surface area (Å²) in [6.45, 7) is 0. The predicted octanol–water partition coefficient (Wildman–Crippen LogP) is 2.81. The minimum atomic E-state index is -0.0878. The van der Waals surface area contributed by atoms with E-state index in [1.165, 1.54) is 0 Å². The van der Waals surface area contributed by atoms with Gasteiger partial charge in [-0.3, -0.25) is 0 Å². The fraction of sp³-hybridized carbons (Fsp3) is 0.333. The van der Waals surface area contributed by atoms with Gasteiger partial charge in [-0.15, -0.1) is 0 Å². The second-order valence-corrected chi connectivity index (χ2v) is 3.29. The maximum atomic E-state index is 5.66. The topological polar surface area (TPSA) is 18.5 Å². The molecule has 0 fully saturated rings. The summed E-state index contributed by atoms with van der Waals surface area (Å²) in [6, 6.07) is 10.1. The van der Waals surface area contributed by atoms with E-state index < -0.39 is 0 Å². The van der Waals surface area contributed by atoms with E-state index in [4.69, 9.17) is 9.47 Å². The minimum absolute atomic E-state index is 0.0878. The van der Waals surface area contributed by atoms with Crippen LogP contribution in [0.5, 0.6) is 0 Å². The Bertz CT molecular complexity index is 316. The molecule has 0 aromatic heterocycles. The van der Waals surface area contributed by atoms with Crippen LogP contribution in [0, 0.1) is 0 Å². The molecule has 0 N–H and O–H groups in total. The zero-order valence-corrected chi connectivity index (χ0v) is 8.27. The van der Waals surface area contributed by atoms with Crippen molar-refractivity contribution in [1.29, 1.82) is 0 Å². The molecule has 2 rings (SSSR count). The molecule has 0 saturated carbocycles. The van der Waals surface area contributed by atoms with Crippen molar-refractivity contribution in [2.45, 2.75) is 19.1 Å². The van der Waals surface area contributed by atoms with Gasteiger partial charge < -0.3 is 9.47 Å². The summed E-state index contributed by atoms with van der Waals surface area (Å²) in [6.07, 6.45) is 3.98. The van der Waals surface area contributed by atoms with Crippen LogP contribution < -0.4 is 0 Å². The molecule has 0 bridgehead atoms. The molecule has 74 valence electrons. The fourth-order valence-electron chi connectivity index (χ4n) is 1.55. The summed E-state index contributed by atoms with van der Waals surface area (Å²) in [5.41, 5.74) is 1.12. The van der Waals surface area contributed by atoms with Crippen LogP contribution in [0.15, 0.2) is 36.4 Å². The summed E-state index contributed by atoms with van der Waals surface area (Å²) < 4.78 is 10.8. The second-order valence-electron chi connectivity index (χ2n) is 3.29. The quantitative estimate of drug-likeness (QED) is 0.714. The second kappa shape index (κ2) is 4.29. The van der Waals surface area contributed by atoms with Crippen molar-refractivity contribution in [1.82, 2.24) is 0 Å². The van der Waals surface area contributed by atoms with Crippen molar-refractivity contribution in [3.8, 4) is 0 Å². The van der Waals surface area contributed by atoms with Gasteiger partial charge in [0.1, 0.15) is 5.76 Å². The van der Waals surface area contributed by atoms with E-state index in [-0.39, 0.29) is 6.29 Å². The van der Waals surface area contributed by atoms with Crippen LogP contribution in [-0.2, 0) is 9.47 Å². The SMILES string of the molecule is COC1CCC=C(c2ccccc2)O1. The highest BCUT2D eigenvalue weighted by Crippen LogP contribution is 2.25. The van der Waals surface area contributed by atoms with Crippen molar-refractivity contribution in [2.24, 2.45) is 0 Å². The van der Waals surface area contributed by atoms with E-state index in [1.54, 1.807) is 7.11 Å². The molecule has 1 aliphatic heterocycles. The number of ether oxygens (including phenoxy) is 2. The predicted molar refractivity (Wildman–Crippen MR) is 55.5 cm³/mol. The Balaban J connectivity index is 2.16. The number of methoxy groups -OCH3 is 1. The Hall–Kier alpha value is -1.28. The molecular weight excluding hydrogens is 176 g/mol. The summed E-state index contributed by atoms with van der Waals surface area (Å²) in [4.78, 5) is 0. The van der Waals surface area contributed by atoms with Crippen molar-refractivity contribution < 1.29 is 9.47 Å². The number of allylic oxidation sites excluding steroid dienone is 1. The average molecular weight is 190 g/mol. The Morgan fingerprint density at radius 1 is 1.29 bits per heavy atom. The first-order valence-electron chi connectivity index (χ1n) is 4.85. The maximum Gasteiger partial charge on any atom is 0.199 e. The van der Waals surface area contributed by atoms with Gasteiger partial charge in [0.05, 0.1) is 0 Å². The Morgan fingerprint density at radius 2 is 2.07 bits per heavy atom. The first kappa shape index (κ1) is 9.28. The third-order valence-electron chi connectivity index (χ3n) is 2.31. The van der Waals surface area contributed by atoms with Crippen LogP contribution in [-0.4, -0.2) is 13.4 Å². The van der Waals surface area contributed by atoms with Gasteiger partial charge in [-0.25, -0.2) is 0 Å². The van der Waals surface area contributed by atoms with Crippen LogP contribution in [0.1, 0.15) is 18.4 Å². The van der Waals surface area contributed by atoms with Gasteiger partial charge in [-0.1, -0.05) is 30.3 Å². The summed E-state index contributed by atoms with van der Waals surface area (Å²) in [5, 5.41) is 0. The molecule has 1 aromatic rings. The fourth-order valence-corrected chi connectivity index (χ4v) is 1.55. The lowest BCUT2D eigenvalue weighted by Gasteiger charge is -2.23. The molecule has 2 heteroatoms. The number of benzene rings is 1. The van der Waals surface area contributed by atoms with Crippen molar-refractivity contribution >= 4 is 5.76 Å². The molecule has 2 nitrogen and oxygen atoms in total. The van der Waals surface area contributed by atoms with Crippen molar-refractivity contribution in [3.63, 3.8) is 0 Å². The average Bonchev–Trinajstić information content (AvgIpc) is 2.30. The smallest absolute Gasteiger partial charge is 0.199 e. The molecule has 0 spiro atoms. The highest BCUT2D eigenvalue weighted by atomic mass is 16.7. The van der Waals surface area contributed by atoms with Gasteiger partial charge in [0.25, 0.3) is 0 Å². The van der Waals surface area contributed by atoms with Crippen molar-refractivity contribution in [2.75, 3.05) is 7.11 Å². The third-order valence-corrected chi connectivity index (χ3v) is 2.31. The van der Waals surface area contributed by atoms with Crippen LogP contribution in [0.4, 0.5) is 0 Å². The lowest BCUT2D eigenvalue weighted by molar-refractivity contribution is -0.0809. The minimum Gasteiger partial charge on any atom is -0.465 e. The Kier molecular flexibility index (Phi) is 2.84. The number of hydrogen-bond acceptors (Lipinski definition) is 2. The van der Waals surface area contributed by atoms with E-state index >= 15 is 0 Å². The van der Waals surface area contributed by atoms with Gasteiger partial charge in [0.2, 0.25) is 0 Å². The highest BCUT2D eigenvalue weighted by Gasteiger charge is 2.15. The largest absolute Gasteiger partial charge is 0.465 e. The summed E-state index contributed by atoms with van der Waals surface area (Å²) in [7, 11) is 1.68. The maximum absolute atomic E-state index is 5.66. The zero-order chi connectivity index (χ0) is 9.80. The van der Waals surface area contributed by atoms with E-state index in [2.05, 4.69) is 6.08 Å². The molecule has 0 amide bonds. The summed E-state index contributed by atoms with van der Waals surface area (Å²) in [5.74, 6) is 0.934. The molecule has 1 aromatic carbocycles. The lowest BCUT2D eigenvalue weighted by atomic mass is 10.1. The van der Waals surface area contributed by atoms with Gasteiger partial charge in [-0.2, -0.15) is 0 Å². The number of hydrogen-bond donors (Lipinski definition) is 0. The van der Waals surface area contributed by atoms with E-state index in [9.17, 15) is 0 Å². The normalized spacial score (nSPS) is 21.2. The molecule has 14 heavy (non-hydrogen) atoms. The van der Waals surface area contributed by atoms with Gasteiger partial charge in [0.15, 0.2) is 6.29 Å². The first-order chi connectivity index (χ1) is 6.90. The molecule has 1 aliphatic rings. The molecular formula is C12H14O2. The molecule has 0 radical (unpaired) electrons. The van der Waals surface area contributed by atoms with Gasteiger partial charge in [0, 0.05) is 19.1 Å². The highest BCUT2D eigenvalue weighted by molar-refractivity contribution is 5.60. The molecule has 0 aliphatic carbocycles. The molecule has 1 atom stereocenters. The van der Waals surface area contributed by atoms with Crippen LogP contribution >= 0.6 is 0 Å². The van der Waals surface area contributed by atoms with E-state index in [0.717, 1.165) is 24.2 Å². The summed E-state index contributed by atoms with van der Waals surface area (Å²) >= 11 is 0. The molecule has 1 heterocycles. The standard InChI is InChI=1S/C12H14O2/c1-13-12-9-5-8-11(14-12)10-6-3-2-4-7-10/h2-4,6-8,12H,5,9H2,1H3. The zero-order valence-electron chi connectivity index (χ0n) is 8.27. The molecule has 0 saturated heterocycles. The van der Waals surface area contributed by atoms with Crippen LogP contribution in [0.25, 0.3) is 5.76 Å². The van der Waals surface area contributed by atoms with Gasteiger partial charge in [-0.05, 0) is 12.5 Å². The molecule has 1 unspecified atom stereocenters. The van der Waals surface area contributed by atoms with Gasteiger partial charge >= 0.3 is 0 Å². The van der Waals surface area contributed by atoms with Crippen LogP contribution in [0.3, 0.4) is 0 Å².